The smallest absolute Gasteiger partial charge is 0.240 e. The van der Waals surface area contributed by atoms with Gasteiger partial charge in [-0.15, -0.1) is 0 Å². The summed E-state index contributed by atoms with van der Waals surface area (Å²) < 4.78 is 1.56. The van der Waals surface area contributed by atoms with Crippen molar-refractivity contribution in [3.8, 4) is 6.07 Å². The average molecular weight is 208 g/mol. The van der Waals surface area contributed by atoms with Gasteiger partial charge < -0.3 is 15.0 Å². The van der Waals surface area contributed by atoms with Crippen molar-refractivity contribution in [2.45, 2.75) is 19.6 Å². The number of carbonyl (C=O) groups excluding carboxylic acids is 1. The van der Waals surface area contributed by atoms with Crippen LogP contribution in [0.2, 0.25) is 0 Å². The molecule has 6 nitrogen and oxygen atoms in total. The second-order valence-corrected chi connectivity index (χ2v) is 2.89. The first-order valence-corrected chi connectivity index (χ1v) is 4.52. The van der Waals surface area contributed by atoms with Gasteiger partial charge in [0.25, 0.3) is 0 Å². The summed E-state index contributed by atoms with van der Waals surface area (Å²) in [7, 11) is 0. The first-order valence-electron chi connectivity index (χ1n) is 4.52. The molecule has 2 N–H and O–H groups in total. The fourth-order valence-corrected chi connectivity index (χ4v) is 1.10. The van der Waals surface area contributed by atoms with Gasteiger partial charge in [-0.05, 0) is 0 Å². The first kappa shape index (κ1) is 11.2. The molecule has 0 aliphatic rings. The lowest BCUT2D eigenvalue weighted by Crippen LogP contribution is -2.28. The van der Waals surface area contributed by atoms with Crippen molar-refractivity contribution < 1.29 is 9.90 Å². The van der Waals surface area contributed by atoms with Crippen LogP contribution >= 0.6 is 0 Å². The Morgan fingerprint density at radius 1 is 1.73 bits per heavy atom. The van der Waals surface area contributed by atoms with Crippen LogP contribution in [0, 0.1) is 11.3 Å². The fourth-order valence-electron chi connectivity index (χ4n) is 1.10. The van der Waals surface area contributed by atoms with Crippen molar-refractivity contribution in [3.63, 3.8) is 0 Å². The van der Waals surface area contributed by atoms with E-state index in [0.29, 0.717) is 18.8 Å². The number of carbonyl (C=O) groups is 1. The van der Waals surface area contributed by atoms with Gasteiger partial charge >= 0.3 is 0 Å². The van der Waals surface area contributed by atoms with Crippen molar-refractivity contribution in [2.75, 3.05) is 6.54 Å². The van der Waals surface area contributed by atoms with Crippen LogP contribution in [0.15, 0.2) is 12.4 Å². The number of rotatable bonds is 5. The van der Waals surface area contributed by atoms with E-state index in [1.165, 1.54) is 6.20 Å². The van der Waals surface area contributed by atoms with Gasteiger partial charge in [-0.2, -0.15) is 5.26 Å². The van der Waals surface area contributed by atoms with Crippen molar-refractivity contribution in [3.05, 3.63) is 18.2 Å². The fraction of sp³-hybridized carbons (Fsp3) is 0.444. The van der Waals surface area contributed by atoms with Crippen LogP contribution in [0.5, 0.6) is 0 Å². The molecule has 0 spiro atoms. The monoisotopic (exact) mass is 208 g/mol. The van der Waals surface area contributed by atoms with E-state index in [1.807, 2.05) is 6.07 Å². The molecule has 0 aromatic carbocycles. The minimum Gasteiger partial charge on any atom is -0.388 e. The Morgan fingerprint density at radius 2 is 2.53 bits per heavy atom. The Labute approximate surface area is 87.2 Å². The Bertz CT molecular complexity index is 366. The number of nitrogens with zero attached hydrogens (tertiary/aromatic N) is 3. The number of hydrogen-bond acceptors (Lipinski definition) is 4. The van der Waals surface area contributed by atoms with Gasteiger partial charge in [0, 0.05) is 18.9 Å². The zero-order chi connectivity index (χ0) is 11.1. The molecule has 1 aromatic rings. The molecule has 0 saturated carbocycles. The number of amides is 1. The summed E-state index contributed by atoms with van der Waals surface area (Å²) >= 11 is 0. The van der Waals surface area contributed by atoms with E-state index in [9.17, 15) is 4.79 Å². The lowest BCUT2D eigenvalue weighted by molar-refractivity contribution is -0.121. The van der Waals surface area contributed by atoms with Crippen LogP contribution in [-0.2, 0) is 17.9 Å². The van der Waals surface area contributed by atoms with Crippen molar-refractivity contribution in [1.29, 1.82) is 5.26 Å². The molecule has 0 saturated heterocycles. The Morgan fingerprint density at radius 3 is 3.20 bits per heavy atom. The summed E-state index contributed by atoms with van der Waals surface area (Å²) in [6, 6.07) is 1.93. The molecule has 0 aliphatic carbocycles. The van der Waals surface area contributed by atoms with Crippen molar-refractivity contribution >= 4 is 5.91 Å². The van der Waals surface area contributed by atoms with E-state index >= 15 is 0 Å². The predicted molar refractivity (Wildman–Crippen MR) is 51.4 cm³/mol. The van der Waals surface area contributed by atoms with Crippen LogP contribution in [0.25, 0.3) is 0 Å². The van der Waals surface area contributed by atoms with Gasteiger partial charge in [0.1, 0.15) is 19.0 Å². The third-order valence-electron chi connectivity index (χ3n) is 1.82. The lowest BCUT2D eigenvalue weighted by atomic mass is 10.4. The molecule has 1 amide bonds. The molecular formula is C9H12N4O2. The number of nitrogens with one attached hydrogen (secondary N) is 1. The van der Waals surface area contributed by atoms with E-state index in [-0.39, 0.29) is 19.1 Å². The van der Waals surface area contributed by atoms with E-state index < -0.39 is 0 Å². The average Bonchev–Trinajstić information content (AvgIpc) is 2.65. The van der Waals surface area contributed by atoms with E-state index in [4.69, 9.17) is 10.4 Å². The molecule has 0 aliphatic heterocycles. The van der Waals surface area contributed by atoms with Gasteiger partial charge in [0.05, 0.1) is 12.5 Å². The molecule has 6 heteroatoms. The Hall–Kier alpha value is -1.87. The standard InChI is InChI=1S/C9H12N4O2/c10-2-1-3-12-9(15)6-13-5-4-11-8(13)7-14/h4-5,14H,1,3,6-7H2,(H,12,15). The second kappa shape index (κ2) is 5.78. The van der Waals surface area contributed by atoms with Gasteiger partial charge in [-0.3, -0.25) is 4.79 Å². The number of aromatic nitrogens is 2. The number of aliphatic hydroxyl groups excluding tert-OH is 1. The lowest BCUT2D eigenvalue weighted by Gasteiger charge is -2.05. The number of aliphatic hydroxyl groups is 1. The van der Waals surface area contributed by atoms with Crippen LogP contribution in [0.1, 0.15) is 12.2 Å². The van der Waals surface area contributed by atoms with Gasteiger partial charge in [-0.25, -0.2) is 4.98 Å². The van der Waals surface area contributed by atoms with Crippen molar-refractivity contribution in [1.82, 2.24) is 14.9 Å². The quantitative estimate of drug-likeness (QED) is 0.632. The summed E-state index contributed by atoms with van der Waals surface area (Å²) in [5.74, 6) is 0.253. The SMILES string of the molecule is N#CCCNC(=O)Cn1ccnc1CO. The highest BCUT2D eigenvalue weighted by Crippen LogP contribution is 1.96. The van der Waals surface area contributed by atoms with E-state index in [1.54, 1.807) is 10.8 Å². The van der Waals surface area contributed by atoms with E-state index in [2.05, 4.69) is 10.3 Å². The number of imidazole rings is 1. The predicted octanol–water partition coefficient (Wildman–Crippen LogP) is -0.595. The third-order valence-corrected chi connectivity index (χ3v) is 1.82. The molecule has 0 atom stereocenters. The van der Waals surface area contributed by atoms with Gasteiger partial charge in [0.15, 0.2) is 0 Å². The van der Waals surface area contributed by atoms with Crippen LogP contribution < -0.4 is 5.32 Å². The second-order valence-electron chi connectivity index (χ2n) is 2.89. The zero-order valence-corrected chi connectivity index (χ0v) is 8.18. The highest BCUT2D eigenvalue weighted by molar-refractivity contribution is 5.75. The highest BCUT2D eigenvalue weighted by Gasteiger charge is 2.05. The maximum atomic E-state index is 11.3. The highest BCUT2D eigenvalue weighted by atomic mass is 16.3. The maximum Gasteiger partial charge on any atom is 0.240 e. The van der Waals surface area contributed by atoms with Crippen LogP contribution in [0.3, 0.4) is 0 Å². The molecule has 15 heavy (non-hydrogen) atoms. The largest absolute Gasteiger partial charge is 0.388 e. The maximum absolute atomic E-state index is 11.3. The molecule has 1 rings (SSSR count). The molecule has 0 fully saturated rings. The summed E-state index contributed by atoms with van der Waals surface area (Å²) in [6.45, 7) is 0.262. The number of nitriles is 1. The summed E-state index contributed by atoms with van der Waals surface area (Å²) in [5, 5.41) is 19.7. The normalized spacial score (nSPS) is 9.60. The van der Waals surface area contributed by atoms with Crippen LogP contribution in [-0.4, -0.2) is 27.1 Å². The number of hydrogen-bond donors (Lipinski definition) is 2. The molecule has 0 bridgehead atoms. The Kier molecular flexibility index (Phi) is 4.31. The minimum atomic E-state index is -0.196. The molecule has 1 aromatic heterocycles. The summed E-state index contributed by atoms with van der Waals surface area (Å²) in [4.78, 5) is 15.2. The minimum absolute atomic E-state index is 0.112. The molecule has 1 heterocycles. The molecular weight excluding hydrogens is 196 g/mol. The zero-order valence-electron chi connectivity index (χ0n) is 8.18. The Balaban J connectivity index is 2.41. The molecule has 0 unspecified atom stereocenters. The van der Waals surface area contributed by atoms with E-state index in [0.717, 1.165) is 0 Å². The summed E-state index contributed by atoms with van der Waals surface area (Å²) in [6.07, 6.45) is 3.44. The van der Waals surface area contributed by atoms with Crippen molar-refractivity contribution in [2.24, 2.45) is 0 Å². The first-order chi connectivity index (χ1) is 7.27. The summed E-state index contributed by atoms with van der Waals surface area (Å²) in [5.41, 5.74) is 0. The molecule has 80 valence electrons. The third kappa shape index (κ3) is 3.40. The topological polar surface area (TPSA) is 90.9 Å². The molecule has 0 radical (unpaired) electrons. The van der Waals surface area contributed by atoms with Crippen LogP contribution in [0.4, 0.5) is 0 Å². The van der Waals surface area contributed by atoms with Gasteiger partial charge in [0.2, 0.25) is 5.91 Å². The van der Waals surface area contributed by atoms with Gasteiger partial charge in [-0.1, -0.05) is 0 Å².